The third-order valence-electron chi connectivity index (χ3n) is 2.71. The van der Waals surface area contributed by atoms with Crippen LogP contribution in [-0.4, -0.2) is 30.8 Å². The maximum Gasteiger partial charge on any atom is 0.312 e. The van der Waals surface area contributed by atoms with Crippen molar-refractivity contribution in [3.63, 3.8) is 0 Å². The number of nitrogens with zero attached hydrogens (tertiary/aromatic N) is 1. The van der Waals surface area contributed by atoms with Crippen LogP contribution >= 0.6 is 0 Å². The van der Waals surface area contributed by atoms with E-state index in [0.717, 1.165) is 11.3 Å². The van der Waals surface area contributed by atoms with Gasteiger partial charge in [0.1, 0.15) is 12.6 Å². The van der Waals surface area contributed by atoms with Crippen LogP contribution in [0.2, 0.25) is 0 Å². The first-order chi connectivity index (χ1) is 7.24. The Morgan fingerprint density at radius 1 is 1.53 bits per heavy atom. The van der Waals surface area contributed by atoms with E-state index in [1.165, 1.54) is 0 Å². The van der Waals surface area contributed by atoms with Gasteiger partial charge >= 0.3 is 5.97 Å². The molecule has 0 aromatic heterocycles. The average Bonchev–Trinajstić information content (AvgIpc) is 2.59. The molecule has 1 N–H and O–H groups in total. The Kier molecular flexibility index (Phi) is 2.58. The zero-order valence-corrected chi connectivity index (χ0v) is 8.19. The monoisotopic (exact) mass is 209 g/mol. The number of aliphatic carboxylic acids is 1. The number of carboxylic acids is 1. The number of hydrogen-bond donors (Lipinski definition) is 1. The Bertz CT molecular complexity index is 381. The van der Waals surface area contributed by atoms with E-state index in [-0.39, 0.29) is 6.54 Å². The van der Waals surface area contributed by atoms with Crippen molar-refractivity contribution in [2.75, 3.05) is 24.7 Å². The first-order valence-electron chi connectivity index (χ1n) is 4.86. The van der Waals surface area contributed by atoms with Gasteiger partial charge in [0.15, 0.2) is 0 Å². The Morgan fingerprint density at radius 3 is 2.93 bits per heavy atom. The molecule has 0 saturated carbocycles. The molecule has 1 atom stereocenters. The van der Waals surface area contributed by atoms with Crippen molar-refractivity contribution < 1.29 is 14.3 Å². The summed E-state index contributed by atoms with van der Waals surface area (Å²) >= 11 is 0. The van der Waals surface area contributed by atoms with Crippen LogP contribution in [0.3, 0.4) is 0 Å². The molecule has 1 aromatic carbocycles. The van der Waals surface area contributed by atoms with E-state index in [9.17, 15) is 9.18 Å². The zero-order chi connectivity index (χ0) is 10.8. The van der Waals surface area contributed by atoms with Crippen molar-refractivity contribution in [1.82, 2.24) is 0 Å². The summed E-state index contributed by atoms with van der Waals surface area (Å²) in [6, 6.07) is 7.29. The normalized spacial score (nSPS) is 19.0. The van der Waals surface area contributed by atoms with Gasteiger partial charge < -0.3 is 10.0 Å². The van der Waals surface area contributed by atoms with Crippen molar-refractivity contribution >= 4 is 11.7 Å². The summed E-state index contributed by atoms with van der Waals surface area (Å²) < 4.78 is 12.3. The summed E-state index contributed by atoms with van der Waals surface area (Å²) in [6.07, 6.45) is 0. The molecular formula is C11H12FNO2. The van der Waals surface area contributed by atoms with E-state index in [1.807, 2.05) is 18.2 Å². The molecule has 1 aliphatic rings. The number of carbonyl (C=O) groups is 1. The minimum atomic E-state index is -0.844. The molecule has 15 heavy (non-hydrogen) atoms. The van der Waals surface area contributed by atoms with Gasteiger partial charge in [0.05, 0.1) is 0 Å². The van der Waals surface area contributed by atoms with E-state index < -0.39 is 18.6 Å². The number of benzene rings is 1. The summed E-state index contributed by atoms with van der Waals surface area (Å²) in [5, 5.41) is 9.03. The number of halogens is 1. The van der Waals surface area contributed by atoms with E-state index in [2.05, 4.69) is 0 Å². The average molecular weight is 209 g/mol. The fourth-order valence-electron chi connectivity index (χ4n) is 2.01. The second-order valence-electron chi connectivity index (χ2n) is 3.58. The van der Waals surface area contributed by atoms with Crippen LogP contribution in [0.1, 0.15) is 11.5 Å². The highest BCUT2D eigenvalue weighted by Gasteiger charge is 2.32. The molecule has 2 rings (SSSR count). The summed E-state index contributed by atoms with van der Waals surface area (Å²) in [6.45, 7) is 0.181. The Morgan fingerprint density at radius 2 is 2.27 bits per heavy atom. The molecule has 1 unspecified atom stereocenters. The summed E-state index contributed by atoms with van der Waals surface area (Å²) in [7, 11) is 0. The SMILES string of the molecule is O=C(O)C1CN(CCF)c2ccccc21. The largest absolute Gasteiger partial charge is 0.481 e. The Balaban J connectivity index is 2.35. The van der Waals surface area contributed by atoms with Gasteiger partial charge in [-0.3, -0.25) is 4.79 Å². The van der Waals surface area contributed by atoms with Gasteiger partial charge in [-0.05, 0) is 11.6 Å². The fourth-order valence-corrected chi connectivity index (χ4v) is 2.01. The minimum absolute atomic E-state index is 0.265. The molecule has 0 spiro atoms. The summed E-state index contributed by atoms with van der Waals surface area (Å²) in [5.41, 5.74) is 1.64. The number of anilines is 1. The lowest BCUT2D eigenvalue weighted by Gasteiger charge is -2.16. The van der Waals surface area contributed by atoms with Crippen molar-refractivity contribution in [3.8, 4) is 0 Å². The van der Waals surface area contributed by atoms with Gasteiger partial charge in [-0.15, -0.1) is 0 Å². The molecule has 80 valence electrons. The maximum atomic E-state index is 12.3. The quantitative estimate of drug-likeness (QED) is 0.822. The molecule has 0 fully saturated rings. The molecule has 1 aliphatic heterocycles. The molecule has 0 saturated heterocycles. The van der Waals surface area contributed by atoms with Crippen LogP contribution in [0.25, 0.3) is 0 Å². The van der Waals surface area contributed by atoms with E-state index in [4.69, 9.17) is 5.11 Å². The predicted molar refractivity (Wildman–Crippen MR) is 55.0 cm³/mol. The van der Waals surface area contributed by atoms with Crippen LogP contribution in [0.15, 0.2) is 24.3 Å². The maximum absolute atomic E-state index is 12.3. The van der Waals surface area contributed by atoms with Crippen LogP contribution in [0, 0.1) is 0 Å². The third-order valence-corrected chi connectivity index (χ3v) is 2.71. The number of rotatable bonds is 3. The second kappa shape index (κ2) is 3.88. The number of carboxylic acid groups (broad SMARTS) is 1. The first kappa shape index (κ1) is 9.96. The van der Waals surface area contributed by atoms with Crippen LogP contribution in [0.5, 0.6) is 0 Å². The van der Waals surface area contributed by atoms with Gasteiger partial charge in [0.2, 0.25) is 0 Å². The number of hydrogen-bond acceptors (Lipinski definition) is 2. The summed E-state index contributed by atoms with van der Waals surface area (Å²) in [4.78, 5) is 12.8. The number of para-hydroxylation sites is 1. The molecule has 3 nitrogen and oxygen atoms in total. The number of fused-ring (bicyclic) bond motifs is 1. The van der Waals surface area contributed by atoms with Gasteiger partial charge in [-0.1, -0.05) is 18.2 Å². The van der Waals surface area contributed by atoms with Crippen molar-refractivity contribution in [1.29, 1.82) is 0 Å². The van der Waals surface area contributed by atoms with Crippen LogP contribution < -0.4 is 4.90 Å². The third kappa shape index (κ3) is 1.67. The number of alkyl halides is 1. The van der Waals surface area contributed by atoms with E-state index in [0.29, 0.717) is 6.54 Å². The van der Waals surface area contributed by atoms with Crippen LogP contribution in [-0.2, 0) is 4.79 Å². The van der Waals surface area contributed by atoms with Gasteiger partial charge in [0.25, 0.3) is 0 Å². The molecular weight excluding hydrogens is 197 g/mol. The molecule has 0 aliphatic carbocycles. The highest BCUT2D eigenvalue weighted by Crippen LogP contribution is 2.35. The second-order valence-corrected chi connectivity index (χ2v) is 3.58. The zero-order valence-electron chi connectivity index (χ0n) is 8.19. The Labute approximate surface area is 87.1 Å². The lowest BCUT2D eigenvalue weighted by atomic mass is 10.0. The highest BCUT2D eigenvalue weighted by atomic mass is 19.1. The van der Waals surface area contributed by atoms with Crippen molar-refractivity contribution in [3.05, 3.63) is 29.8 Å². The minimum Gasteiger partial charge on any atom is -0.481 e. The molecule has 1 heterocycles. The standard InChI is InChI=1S/C11H12FNO2/c12-5-6-13-7-9(11(14)15)8-3-1-2-4-10(8)13/h1-4,9H,5-7H2,(H,14,15). The van der Waals surface area contributed by atoms with Gasteiger partial charge in [-0.2, -0.15) is 0 Å². The topological polar surface area (TPSA) is 40.5 Å². The van der Waals surface area contributed by atoms with E-state index in [1.54, 1.807) is 11.0 Å². The smallest absolute Gasteiger partial charge is 0.312 e. The lowest BCUT2D eigenvalue weighted by molar-refractivity contribution is -0.138. The van der Waals surface area contributed by atoms with Crippen molar-refractivity contribution in [2.24, 2.45) is 0 Å². The molecule has 4 heteroatoms. The van der Waals surface area contributed by atoms with Gasteiger partial charge in [0, 0.05) is 18.8 Å². The molecule has 0 radical (unpaired) electrons. The molecule has 0 amide bonds. The lowest BCUT2D eigenvalue weighted by Crippen LogP contribution is -2.26. The highest BCUT2D eigenvalue weighted by molar-refractivity contribution is 5.82. The summed E-state index contributed by atoms with van der Waals surface area (Å²) in [5.74, 6) is -1.36. The molecule has 0 bridgehead atoms. The van der Waals surface area contributed by atoms with E-state index >= 15 is 0 Å². The van der Waals surface area contributed by atoms with Crippen molar-refractivity contribution in [2.45, 2.75) is 5.92 Å². The fraction of sp³-hybridized carbons (Fsp3) is 0.364. The van der Waals surface area contributed by atoms with Gasteiger partial charge in [-0.25, -0.2) is 4.39 Å². The Hall–Kier alpha value is -1.58. The van der Waals surface area contributed by atoms with Crippen LogP contribution in [0.4, 0.5) is 10.1 Å². The first-order valence-corrected chi connectivity index (χ1v) is 4.86. The molecule has 1 aromatic rings. The predicted octanol–water partition coefficient (Wildman–Crippen LogP) is 1.64.